The van der Waals surface area contributed by atoms with Crippen molar-refractivity contribution < 1.29 is 4.74 Å². The molecule has 0 heterocycles. The molecule has 1 nitrogen and oxygen atoms in total. The molecule has 1 aliphatic rings. The molecule has 0 atom stereocenters. The van der Waals surface area contributed by atoms with Crippen molar-refractivity contribution in [3.8, 4) is 5.75 Å². The van der Waals surface area contributed by atoms with E-state index < -0.39 is 0 Å². The minimum absolute atomic E-state index is 0.758. The zero-order valence-corrected chi connectivity index (χ0v) is 11.7. The van der Waals surface area contributed by atoms with Gasteiger partial charge in [-0.1, -0.05) is 49.6 Å². The van der Waals surface area contributed by atoms with Gasteiger partial charge in [0.05, 0.1) is 6.61 Å². The van der Waals surface area contributed by atoms with Crippen molar-refractivity contribution in [3.05, 3.63) is 42.0 Å². The van der Waals surface area contributed by atoms with Gasteiger partial charge in [0.1, 0.15) is 5.75 Å². The molecule has 0 amide bonds. The molecule has 0 radical (unpaired) electrons. The topological polar surface area (TPSA) is 9.23 Å². The van der Waals surface area contributed by atoms with Crippen LogP contribution in [0, 0.1) is 12.8 Å². The van der Waals surface area contributed by atoms with E-state index in [1.165, 1.54) is 48.4 Å². The summed E-state index contributed by atoms with van der Waals surface area (Å²) in [7, 11) is 0. The molecule has 0 N–H and O–H groups in total. The molecule has 1 saturated carbocycles. The quantitative estimate of drug-likeness (QED) is 0.739. The molecule has 3 rings (SSSR count). The minimum atomic E-state index is 0.758. The van der Waals surface area contributed by atoms with Crippen LogP contribution in [0.1, 0.15) is 37.7 Å². The molecule has 100 valence electrons. The Hall–Kier alpha value is -1.50. The Morgan fingerprint density at radius 1 is 0.947 bits per heavy atom. The molecule has 0 aliphatic heterocycles. The van der Waals surface area contributed by atoms with Crippen LogP contribution in [-0.2, 0) is 0 Å². The van der Waals surface area contributed by atoms with Crippen molar-refractivity contribution in [3.63, 3.8) is 0 Å². The average molecular weight is 254 g/mol. The predicted octanol–water partition coefficient (Wildman–Crippen LogP) is 5.11. The van der Waals surface area contributed by atoms with Gasteiger partial charge in [-0.3, -0.25) is 0 Å². The van der Waals surface area contributed by atoms with E-state index in [0.717, 1.165) is 18.3 Å². The zero-order valence-electron chi connectivity index (χ0n) is 11.7. The molecule has 2 aromatic rings. The van der Waals surface area contributed by atoms with E-state index in [2.05, 4.69) is 43.3 Å². The van der Waals surface area contributed by atoms with Crippen molar-refractivity contribution in [1.82, 2.24) is 0 Å². The van der Waals surface area contributed by atoms with Gasteiger partial charge in [0.25, 0.3) is 0 Å². The van der Waals surface area contributed by atoms with Crippen LogP contribution in [0.4, 0.5) is 0 Å². The molecule has 1 heteroatoms. The number of rotatable bonds is 3. The lowest BCUT2D eigenvalue weighted by molar-refractivity contribution is 0.210. The zero-order chi connectivity index (χ0) is 13.1. The van der Waals surface area contributed by atoms with Crippen LogP contribution in [0.3, 0.4) is 0 Å². The lowest BCUT2D eigenvalue weighted by atomic mass is 9.90. The first-order valence-electron chi connectivity index (χ1n) is 7.46. The Bertz CT molecular complexity index is 553. The summed E-state index contributed by atoms with van der Waals surface area (Å²) in [6, 6.07) is 12.8. The largest absolute Gasteiger partial charge is 0.493 e. The Morgan fingerprint density at radius 3 is 2.47 bits per heavy atom. The van der Waals surface area contributed by atoms with Gasteiger partial charge in [0, 0.05) is 5.39 Å². The van der Waals surface area contributed by atoms with Crippen molar-refractivity contribution >= 4 is 10.8 Å². The van der Waals surface area contributed by atoms with Gasteiger partial charge in [0.2, 0.25) is 0 Å². The van der Waals surface area contributed by atoms with Crippen molar-refractivity contribution in [2.75, 3.05) is 6.61 Å². The molecule has 1 fully saturated rings. The monoisotopic (exact) mass is 254 g/mol. The first-order valence-corrected chi connectivity index (χ1v) is 7.46. The summed E-state index contributed by atoms with van der Waals surface area (Å²) in [5.74, 6) is 1.81. The molecule has 0 spiro atoms. The third-order valence-corrected chi connectivity index (χ3v) is 4.30. The third-order valence-electron chi connectivity index (χ3n) is 4.30. The molecule has 0 bridgehead atoms. The second-order valence-electron chi connectivity index (χ2n) is 5.74. The van der Waals surface area contributed by atoms with Gasteiger partial charge in [-0.05, 0) is 42.7 Å². The molecule has 19 heavy (non-hydrogen) atoms. The van der Waals surface area contributed by atoms with Gasteiger partial charge in [-0.2, -0.15) is 0 Å². The fourth-order valence-electron chi connectivity index (χ4n) is 3.11. The summed E-state index contributed by atoms with van der Waals surface area (Å²) in [5, 5.41) is 2.56. The summed E-state index contributed by atoms with van der Waals surface area (Å²) in [5.41, 5.74) is 1.32. The lowest BCUT2D eigenvalue weighted by Gasteiger charge is -2.22. The van der Waals surface area contributed by atoms with Crippen LogP contribution in [0.2, 0.25) is 0 Å². The van der Waals surface area contributed by atoms with Crippen LogP contribution >= 0.6 is 0 Å². The van der Waals surface area contributed by atoms with Gasteiger partial charge < -0.3 is 4.74 Å². The number of hydrogen-bond donors (Lipinski definition) is 0. The van der Waals surface area contributed by atoms with E-state index in [0.29, 0.717) is 0 Å². The highest BCUT2D eigenvalue weighted by Gasteiger charge is 2.14. The standard InChI is InChI=1S/C18H22O/c1-14-11-12-18(17-10-6-5-9-16(14)17)19-13-15-7-3-2-4-8-15/h5-6,9-12,15H,2-4,7-8,13H2,1H3. The number of hydrogen-bond acceptors (Lipinski definition) is 1. The summed E-state index contributed by atoms with van der Waals surface area (Å²) >= 11 is 0. The number of aryl methyl sites for hydroxylation is 1. The van der Waals surface area contributed by atoms with Gasteiger partial charge in [0.15, 0.2) is 0 Å². The Kier molecular flexibility index (Phi) is 3.72. The fraction of sp³-hybridized carbons (Fsp3) is 0.444. The summed E-state index contributed by atoms with van der Waals surface area (Å²) in [6.45, 7) is 3.04. The van der Waals surface area contributed by atoms with Gasteiger partial charge in [-0.25, -0.2) is 0 Å². The molecule has 0 aromatic heterocycles. The highest BCUT2D eigenvalue weighted by atomic mass is 16.5. The minimum Gasteiger partial charge on any atom is -0.493 e. The second-order valence-corrected chi connectivity index (χ2v) is 5.74. The van der Waals surface area contributed by atoms with Gasteiger partial charge in [-0.15, -0.1) is 0 Å². The van der Waals surface area contributed by atoms with Crippen LogP contribution in [0.5, 0.6) is 5.75 Å². The smallest absolute Gasteiger partial charge is 0.127 e. The summed E-state index contributed by atoms with van der Waals surface area (Å²) in [4.78, 5) is 0. The van der Waals surface area contributed by atoms with Crippen LogP contribution in [0.15, 0.2) is 36.4 Å². The average Bonchev–Trinajstić information content (AvgIpc) is 2.48. The fourth-order valence-corrected chi connectivity index (χ4v) is 3.11. The van der Waals surface area contributed by atoms with Crippen molar-refractivity contribution in [1.29, 1.82) is 0 Å². The Morgan fingerprint density at radius 2 is 1.68 bits per heavy atom. The highest BCUT2D eigenvalue weighted by molar-refractivity contribution is 5.90. The molecule has 0 saturated heterocycles. The van der Waals surface area contributed by atoms with Crippen molar-refractivity contribution in [2.45, 2.75) is 39.0 Å². The van der Waals surface area contributed by atoms with Crippen LogP contribution < -0.4 is 4.74 Å². The van der Waals surface area contributed by atoms with E-state index in [4.69, 9.17) is 4.74 Å². The van der Waals surface area contributed by atoms with Gasteiger partial charge >= 0.3 is 0 Å². The van der Waals surface area contributed by atoms with Crippen LogP contribution in [-0.4, -0.2) is 6.61 Å². The maximum atomic E-state index is 6.11. The van der Waals surface area contributed by atoms with E-state index >= 15 is 0 Å². The molecule has 2 aromatic carbocycles. The third kappa shape index (κ3) is 2.75. The lowest BCUT2D eigenvalue weighted by Crippen LogP contribution is -2.15. The number of fused-ring (bicyclic) bond motifs is 1. The predicted molar refractivity (Wildman–Crippen MR) is 80.8 cm³/mol. The second kappa shape index (κ2) is 5.64. The molecule has 1 aliphatic carbocycles. The van der Waals surface area contributed by atoms with E-state index in [-0.39, 0.29) is 0 Å². The summed E-state index contributed by atoms with van der Waals surface area (Å²) < 4.78 is 6.11. The van der Waals surface area contributed by atoms with E-state index in [1.807, 2.05) is 0 Å². The van der Waals surface area contributed by atoms with Crippen molar-refractivity contribution in [2.24, 2.45) is 5.92 Å². The normalized spacial score (nSPS) is 16.7. The first kappa shape index (κ1) is 12.5. The number of benzene rings is 2. The molecular formula is C18H22O. The Labute approximate surface area is 115 Å². The van der Waals surface area contributed by atoms with Crippen LogP contribution in [0.25, 0.3) is 10.8 Å². The molecular weight excluding hydrogens is 232 g/mol. The Balaban J connectivity index is 1.79. The molecule has 0 unspecified atom stereocenters. The highest BCUT2D eigenvalue weighted by Crippen LogP contribution is 2.30. The van der Waals surface area contributed by atoms with E-state index in [1.54, 1.807) is 0 Å². The first-order chi connectivity index (χ1) is 9.34. The maximum absolute atomic E-state index is 6.11. The maximum Gasteiger partial charge on any atom is 0.127 e. The SMILES string of the molecule is Cc1ccc(OCC2CCCCC2)c2ccccc12. The van der Waals surface area contributed by atoms with E-state index in [9.17, 15) is 0 Å². The number of ether oxygens (including phenoxy) is 1. The summed E-state index contributed by atoms with van der Waals surface area (Å²) in [6.07, 6.45) is 6.84.